The molecule has 0 unspecified atom stereocenters. The number of primary amides is 1. The Hall–Kier alpha value is -1.31. The van der Waals surface area contributed by atoms with Crippen LogP contribution in [-0.4, -0.2) is 5.91 Å². The van der Waals surface area contributed by atoms with E-state index in [0.29, 0.717) is 5.56 Å². The van der Waals surface area contributed by atoms with E-state index in [1.165, 1.54) is 56.9 Å². The lowest BCUT2D eigenvalue weighted by molar-refractivity contribution is 0.0999. The first kappa shape index (κ1) is 16.7. The molecule has 1 aromatic rings. The molecule has 0 fully saturated rings. The summed E-state index contributed by atoms with van der Waals surface area (Å²) >= 11 is 0. The van der Waals surface area contributed by atoms with Crippen molar-refractivity contribution in [3.63, 3.8) is 0 Å². The molecule has 0 aliphatic heterocycles. The summed E-state index contributed by atoms with van der Waals surface area (Å²) in [5.41, 5.74) is 8.38. The van der Waals surface area contributed by atoms with Gasteiger partial charge in [0.15, 0.2) is 0 Å². The molecule has 0 atom stereocenters. The number of carbonyl (C=O) groups is 1. The van der Waals surface area contributed by atoms with Crippen molar-refractivity contribution in [3.05, 3.63) is 34.9 Å². The average molecular weight is 275 g/mol. The highest BCUT2D eigenvalue weighted by Crippen LogP contribution is 2.17. The first-order valence-corrected chi connectivity index (χ1v) is 8.05. The Balaban J connectivity index is 2.25. The summed E-state index contributed by atoms with van der Waals surface area (Å²) < 4.78 is 0. The van der Waals surface area contributed by atoms with Crippen molar-refractivity contribution in [2.45, 2.75) is 71.6 Å². The Bertz CT molecular complexity index is 412. The molecule has 1 amide bonds. The third-order valence-electron chi connectivity index (χ3n) is 4.01. The van der Waals surface area contributed by atoms with Gasteiger partial charge < -0.3 is 5.73 Å². The van der Waals surface area contributed by atoms with E-state index in [0.717, 1.165) is 12.0 Å². The van der Waals surface area contributed by atoms with Crippen LogP contribution in [0.1, 0.15) is 79.8 Å². The van der Waals surface area contributed by atoms with E-state index in [2.05, 4.69) is 13.0 Å². The van der Waals surface area contributed by atoms with Gasteiger partial charge in [-0.15, -0.1) is 0 Å². The third-order valence-corrected chi connectivity index (χ3v) is 4.01. The van der Waals surface area contributed by atoms with E-state index in [4.69, 9.17) is 5.73 Å². The zero-order chi connectivity index (χ0) is 14.8. The van der Waals surface area contributed by atoms with Gasteiger partial charge >= 0.3 is 0 Å². The maximum Gasteiger partial charge on any atom is 0.248 e. The number of benzene rings is 1. The van der Waals surface area contributed by atoms with Gasteiger partial charge in [0.1, 0.15) is 0 Å². The van der Waals surface area contributed by atoms with Gasteiger partial charge in [0.05, 0.1) is 0 Å². The molecule has 0 spiro atoms. The summed E-state index contributed by atoms with van der Waals surface area (Å²) in [6.45, 7) is 4.25. The van der Waals surface area contributed by atoms with E-state index < -0.39 is 0 Å². The predicted molar refractivity (Wildman–Crippen MR) is 86.0 cm³/mol. The van der Waals surface area contributed by atoms with Crippen molar-refractivity contribution < 1.29 is 4.79 Å². The highest BCUT2D eigenvalue weighted by Gasteiger charge is 2.07. The van der Waals surface area contributed by atoms with Crippen molar-refractivity contribution in [2.24, 2.45) is 5.73 Å². The van der Waals surface area contributed by atoms with E-state index in [-0.39, 0.29) is 5.91 Å². The first-order valence-electron chi connectivity index (χ1n) is 8.05. The second-order valence-electron chi connectivity index (χ2n) is 5.68. The van der Waals surface area contributed by atoms with Gasteiger partial charge in [-0.2, -0.15) is 0 Å². The monoisotopic (exact) mass is 275 g/mol. The summed E-state index contributed by atoms with van der Waals surface area (Å²) in [4.78, 5) is 11.3. The Kier molecular flexibility index (Phi) is 8.01. The van der Waals surface area contributed by atoms with Crippen molar-refractivity contribution in [1.82, 2.24) is 0 Å². The highest BCUT2D eigenvalue weighted by atomic mass is 16.1. The van der Waals surface area contributed by atoms with Crippen LogP contribution in [-0.2, 0) is 6.42 Å². The number of amides is 1. The molecule has 2 N–H and O–H groups in total. The van der Waals surface area contributed by atoms with Gasteiger partial charge in [0.25, 0.3) is 0 Å². The minimum Gasteiger partial charge on any atom is -0.366 e. The van der Waals surface area contributed by atoms with Crippen LogP contribution in [0.15, 0.2) is 18.2 Å². The minimum absolute atomic E-state index is 0.319. The lowest BCUT2D eigenvalue weighted by Crippen LogP contribution is -2.13. The van der Waals surface area contributed by atoms with Gasteiger partial charge in [-0.05, 0) is 37.0 Å². The van der Waals surface area contributed by atoms with Gasteiger partial charge in [0, 0.05) is 5.56 Å². The second-order valence-corrected chi connectivity index (χ2v) is 5.68. The fourth-order valence-electron chi connectivity index (χ4n) is 2.67. The topological polar surface area (TPSA) is 43.1 Å². The number of hydrogen-bond donors (Lipinski definition) is 1. The molecule has 112 valence electrons. The molecule has 0 saturated heterocycles. The van der Waals surface area contributed by atoms with Crippen LogP contribution in [0.3, 0.4) is 0 Å². The highest BCUT2D eigenvalue weighted by molar-refractivity contribution is 5.94. The Morgan fingerprint density at radius 2 is 1.60 bits per heavy atom. The molecule has 0 saturated carbocycles. The first-order chi connectivity index (χ1) is 9.66. The summed E-state index contributed by atoms with van der Waals surface area (Å²) in [6, 6.07) is 5.87. The molecule has 0 aromatic heterocycles. The number of aryl methyl sites for hydroxylation is 1. The van der Waals surface area contributed by atoms with Crippen molar-refractivity contribution >= 4 is 5.91 Å². The fourth-order valence-corrected chi connectivity index (χ4v) is 2.67. The van der Waals surface area contributed by atoms with E-state index in [1.54, 1.807) is 0 Å². The van der Waals surface area contributed by atoms with Crippen molar-refractivity contribution in [1.29, 1.82) is 0 Å². The van der Waals surface area contributed by atoms with Crippen LogP contribution >= 0.6 is 0 Å². The van der Waals surface area contributed by atoms with Crippen LogP contribution in [0.25, 0.3) is 0 Å². The molecular formula is C18H29NO. The average Bonchev–Trinajstić information content (AvgIpc) is 2.43. The largest absolute Gasteiger partial charge is 0.366 e. The summed E-state index contributed by atoms with van der Waals surface area (Å²) in [7, 11) is 0. The van der Waals surface area contributed by atoms with E-state index in [1.807, 2.05) is 19.1 Å². The lowest BCUT2D eigenvalue weighted by atomic mass is 9.97. The van der Waals surface area contributed by atoms with Gasteiger partial charge in [-0.3, -0.25) is 4.79 Å². The molecule has 0 radical (unpaired) electrons. The molecule has 0 bridgehead atoms. The van der Waals surface area contributed by atoms with Crippen LogP contribution < -0.4 is 5.73 Å². The number of hydrogen-bond acceptors (Lipinski definition) is 1. The van der Waals surface area contributed by atoms with Crippen LogP contribution in [0.4, 0.5) is 0 Å². The summed E-state index contributed by atoms with van der Waals surface area (Å²) in [5.74, 6) is -0.319. The summed E-state index contributed by atoms with van der Waals surface area (Å²) in [6.07, 6.45) is 11.7. The molecule has 2 heteroatoms. The summed E-state index contributed by atoms with van der Waals surface area (Å²) in [5, 5.41) is 0. The van der Waals surface area contributed by atoms with Crippen LogP contribution in [0.2, 0.25) is 0 Å². The van der Waals surface area contributed by atoms with Crippen LogP contribution in [0.5, 0.6) is 0 Å². The van der Waals surface area contributed by atoms with Gasteiger partial charge in [0.2, 0.25) is 5.91 Å². The molecule has 1 rings (SSSR count). The predicted octanol–water partition coefficient (Wildman–Crippen LogP) is 4.78. The maximum atomic E-state index is 11.3. The zero-order valence-electron chi connectivity index (χ0n) is 13.1. The Morgan fingerprint density at radius 1 is 1.00 bits per heavy atom. The third kappa shape index (κ3) is 5.77. The number of rotatable bonds is 10. The molecule has 0 heterocycles. The second kappa shape index (κ2) is 9.57. The fraction of sp³-hybridized carbons (Fsp3) is 0.611. The van der Waals surface area contributed by atoms with Gasteiger partial charge in [-0.25, -0.2) is 0 Å². The number of carbonyl (C=O) groups excluding carboxylic acids is 1. The lowest BCUT2D eigenvalue weighted by Gasteiger charge is -2.09. The van der Waals surface area contributed by atoms with Gasteiger partial charge in [-0.1, -0.05) is 64.0 Å². The maximum absolute atomic E-state index is 11.3. The molecule has 0 aliphatic carbocycles. The molecule has 20 heavy (non-hydrogen) atoms. The number of unbranched alkanes of at least 4 members (excludes halogenated alkanes) is 7. The molecule has 0 aliphatic rings. The quantitative estimate of drug-likeness (QED) is 0.614. The molecular weight excluding hydrogens is 246 g/mol. The Labute approximate surface area is 123 Å². The van der Waals surface area contributed by atoms with Crippen LogP contribution in [0, 0.1) is 6.92 Å². The smallest absolute Gasteiger partial charge is 0.248 e. The molecule has 2 nitrogen and oxygen atoms in total. The van der Waals surface area contributed by atoms with E-state index in [9.17, 15) is 4.79 Å². The van der Waals surface area contributed by atoms with E-state index >= 15 is 0 Å². The normalized spacial score (nSPS) is 10.7. The number of nitrogens with two attached hydrogens (primary N) is 1. The SMILES string of the molecule is CCCCCCCCCCc1cccc(C(N)=O)c1C. The zero-order valence-corrected chi connectivity index (χ0v) is 13.1. The minimum atomic E-state index is -0.319. The standard InChI is InChI=1S/C18H29NO/c1-3-4-5-6-7-8-9-10-12-16-13-11-14-17(15(16)2)18(19)20/h11,13-14H,3-10,12H2,1-2H3,(H2,19,20). The molecule has 1 aromatic carbocycles. The van der Waals surface area contributed by atoms with Crippen molar-refractivity contribution in [2.75, 3.05) is 0 Å². The Morgan fingerprint density at radius 3 is 2.20 bits per heavy atom. The van der Waals surface area contributed by atoms with Crippen molar-refractivity contribution in [3.8, 4) is 0 Å².